The van der Waals surface area contributed by atoms with Crippen LogP contribution in [0, 0.1) is 6.92 Å². The highest BCUT2D eigenvalue weighted by Gasteiger charge is 2.14. The average molecular weight is 239 g/mol. The SMILES string of the molecule is CNC(CSC(C)C)c1cc(C)cnc1N. The second-order valence-corrected chi connectivity index (χ2v) is 5.82. The fourth-order valence-corrected chi connectivity index (χ4v) is 2.42. The molecule has 1 aromatic rings. The number of thioether (sulfide) groups is 1. The summed E-state index contributed by atoms with van der Waals surface area (Å²) in [6, 6.07) is 2.39. The number of hydrogen-bond donors (Lipinski definition) is 2. The molecule has 1 unspecified atom stereocenters. The van der Waals surface area contributed by atoms with Crippen molar-refractivity contribution in [3.8, 4) is 0 Å². The molecule has 4 heteroatoms. The molecule has 0 aliphatic rings. The number of hydrogen-bond acceptors (Lipinski definition) is 4. The number of nitrogens with two attached hydrogens (primary N) is 1. The summed E-state index contributed by atoms with van der Waals surface area (Å²) >= 11 is 1.93. The molecule has 0 aliphatic carbocycles. The van der Waals surface area contributed by atoms with Crippen LogP contribution in [0.3, 0.4) is 0 Å². The van der Waals surface area contributed by atoms with Gasteiger partial charge in [0.15, 0.2) is 0 Å². The summed E-state index contributed by atoms with van der Waals surface area (Å²) < 4.78 is 0. The van der Waals surface area contributed by atoms with Crippen molar-refractivity contribution < 1.29 is 0 Å². The van der Waals surface area contributed by atoms with Gasteiger partial charge in [0.2, 0.25) is 0 Å². The molecule has 0 bridgehead atoms. The first-order valence-corrected chi connectivity index (χ1v) is 6.60. The van der Waals surface area contributed by atoms with Gasteiger partial charge in [-0.15, -0.1) is 0 Å². The zero-order valence-electron chi connectivity index (χ0n) is 10.4. The summed E-state index contributed by atoms with van der Waals surface area (Å²) in [5, 5.41) is 3.94. The maximum absolute atomic E-state index is 5.91. The first-order chi connectivity index (χ1) is 7.54. The second-order valence-electron chi connectivity index (χ2n) is 4.21. The molecule has 1 atom stereocenters. The summed E-state index contributed by atoms with van der Waals surface area (Å²) in [4.78, 5) is 4.20. The van der Waals surface area contributed by atoms with E-state index in [2.05, 4.69) is 30.2 Å². The lowest BCUT2D eigenvalue weighted by molar-refractivity contribution is 0.660. The molecule has 16 heavy (non-hydrogen) atoms. The summed E-state index contributed by atoms with van der Waals surface area (Å²) in [5.74, 6) is 1.65. The number of nitrogen functional groups attached to an aromatic ring is 1. The van der Waals surface area contributed by atoms with Crippen LogP contribution in [0.25, 0.3) is 0 Å². The third kappa shape index (κ3) is 3.68. The van der Waals surface area contributed by atoms with Gasteiger partial charge in [-0.3, -0.25) is 0 Å². The van der Waals surface area contributed by atoms with Crippen molar-refractivity contribution in [2.75, 3.05) is 18.5 Å². The number of rotatable bonds is 5. The molecule has 3 nitrogen and oxygen atoms in total. The first kappa shape index (κ1) is 13.3. The molecule has 0 spiro atoms. The van der Waals surface area contributed by atoms with E-state index in [4.69, 9.17) is 5.73 Å². The highest BCUT2D eigenvalue weighted by atomic mass is 32.2. The monoisotopic (exact) mass is 239 g/mol. The van der Waals surface area contributed by atoms with Crippen LogP contribution in [-0.2, 0) is 0 Å². The lowest BCUT2D eigenvalue weighted by atomic mass is 10.1. The van der Waals surface area contributed by atoms with E-state index in [1.807, 2.05) is 25.7 Å². The highest BCUT2D eigenvalue weighted by molar-refractivity contribution is 7.99. The van der Waals surface area contributed by atoms with E-state index in [1.54, 1.807) is 6.20 Å². The first-order valence-electron chi connectivity index (χ1n) is 5.55. The van der Waals surface area contributed by atoms with Crippen molar-refractivity contribution >= 4 is 17.6 Å². The molecule has 0 radical (unpaired) electrons. The zero-order chi connectivity index (χ0) is 12.1. The quantitative estimate of drug-likeness (QED) is 0.828. The fourth-order valence-electron chi connectivity index (χ4n) is 1.50. The van der Waals surface area contributed by atoms with Gasteiger partial charge in [0, 0.05) is 23.6 Å². The van der Waals surface area contributed by atoms with Crippen molar-refractivity contribution in [3.63, 3.8) is 0 Å². The Morgan fingerprint density at radius 1 is 1.50 bits per heavy atom. The van der Waals surface area contributed by atoms with Crippen LogP contribution in [0.2, 0.25) is 0 Å². The van der Waals surface area contributed by atoms with Crippen molar-refractivity contribution in [1.29, 1.82) is 0 Å². The number of aromatic nitrogens is 1. The predicted molar refractivity (Wildman–Crippen MR) is 72.8 cm³/mol. The Morgan fingerprint density at radius 2 is 2.19 bits per heavy atom. The van der Waals surface area contributed by atoms with Crippen LogP contribution in [0.4, 0.5) is 5.82 Å². The minimum absolute atomic E-state index is 0.278. The molecule has 0 amide bonds. The van der Waals surface area contributed by atoms with Gasteiger partial charge in [0.05, 0.1) is 0 Å². The summed E-state index contributed by atoms with van der Waals surface area (Å²) in [5.41, 5.74) is 8.17. The largest absolute Gasteiger partial charge is 0.383 e. The van der Waals surface area contributed by atoms with Crippen LogP contribution in [0.5, 0.6) is 0 Å². The van der Waals surface area contributed by atoms with E-state index < -0.39 is 0 Å². The van der Waals surface area contributed by atoms with Crippen molar-refractivity contribution in [2.45, 2.75) is 32.1 Å². The van der Waals surface area contributed by atoms with Gasteiger partial charge in [-0.2, -0.15) is 11.8 Å². The van der Waals surface area contributed by atoms with Crippen LogP contribution < -0.4 is 11.1 Å². The normalized spacial score (nSPS) is 13.1. The third-order valence-electron chi connectivity index (χ3n) is 2.41. The molecule has 0 fully saturated rings. The Morgan fingerprint density at radius 3 is 2.75 bits per heavy atom. The molecule has 90 valence electrons. The van der Waals surface area contributed by atoms with Crippen LogP contribution in [-0.4, -0.2) is 23.0 Å². The van der Waals surface area contributed by atoms with Gasteiger partial charge < -0.3 is 11.1 Å². The lowest BCUT2D eigenvalue weighted by Crippen LogP contribution is -2.21. The minimum Gasteiger partial charge on any atom is -0.383 e. The predicted octanol–water partition coefficient (Wildman–Crippen LogP) is 2.37. The van der Waals surface area contributed by atoms with Gasteiger partial charge in [-0.1, -0.05) is 13.8 Å². The summed E-state index contributed by atoms with van der Waals surface area (Å²) in [7, 11) is 1.97. The molecular weight excluding hydrogens is 218 g/mol. The van der Waals surface area contributed by atoms with E-state index in [0.29, 0.717) is 11.1 Å². The van der Waals surface area contributed by atoms with Crippen LogP contribution in [0.15, 0.2) is 12.3 Å². The van der Waals surface area contributed by atoms with Crippen molar-refractivity contribution in [3.05, 3.63) is 23.4 Å². The third-order valence-corrected chi connectivity index (χ3v) is 3.60. The van der Waals surface area contributed by atoms with Gasteiger partial charge in [-0.05, 0) is 30.9 Å². The van der Waals surface area contributed by atoms with E-state index in [0.717, 1.165) is 16.9 Å². The zero-order valence-corrected chi connectivity index (χ0v) is 11.3. The van der Waals surface area contributed by atoms with Gasteiger partial charge in [0.25, 0.3) is 0 Å². The Kier molecular flexibility index (Phi) is 5.09. The number of pyridine rings is 1. The molecule has 0 aromatic carbocycles. The molecule has 1 aromatic heterocycles. The Balaban J connectivity index is 2.81. The Bertz CT molecular complexity index is 339. The number of anilines is 1. The molecular formula is C12H21N3S. The fraction of sp³-hybridized carbons (Fsp3) is 0.583. The van der Waals surface area contributed by atoms with E-state index >= 15 is 0 Å². The number of nitrogens with one attached hydrogen (secondary N) is 1. The van der Waals surface area contributed by atoms with Crippen LogP contribution in [0.1, 0.15) is 31.0 Å². The van der Waals surface area contributed by atoms with E-state index in [1.165, 1.54) is 0 Å². The van der Waals surface area contributed by atoms with E-state index in [-0.39, 0.29) is 6.04 Å². The number of aryl methyl sites for hydroxylation is 1. The van der Waals surface area contributed by atoms with E-state index in [9.17, 15) is 0 Å². The smallest absolute Gasteiger partial charge is 0.128 e. The lowest BCUT2D eigenvalue weighted by Gasteiger charge is -2.19. The van der Waals surface area contributed by atoms with Crippen molar-refractivity contribution in [1.82, 2.24) is 10.3 Å². The van der Waals surface area contributed by atoms with Crippen molar-refractivity contribution in [2.24, 2.45) is 0 Å². The average Bonchev–Trinajstić information content (AvgIpc) is 2.23. The maximum atomic E-state index is 5.91. The van der Waals surface area contributed by atoms with Gasteiger partial charge in [0.1, 0.15) is 5.82 Å². The standard InChI is InChI=1S/C12H21N3S/c1-8(2)16-7-11(14-4)10-5-9(3)6-15-12(10)13/h5-6,8,11,14H,7H2,1-4H3,(H2,13,15). The minimum atomic E-state index is 0.278. The molecule has 0 aliphatic heterocycles. The molecule has 1 heterocycles. The van der Waals surface area contributed by atoms with Gasteiger partial charge in [-0.25, -0.2) is 4.98 Å². The second kappa shape index (κ2) is 6.11. The molecule has 3 N–H and O–H groups in total. The maximum Gasteiger partial charge on any atom is 0.128 e. The molecule has 0 saturated heterocycles. The topological polar surface area (TPSA) is 50.9 Å². The van der Waals surface area contributed by atoms with Crippen LogP contribution >= 0.6 is 11.8 Å². The molecule has 1 rings (SSSR count). The summed E-state index contributed by atoms with van der Waals surface area (Å²) in [6.45, 7) is 6.45. The number of nitrogens with zero attached hydrogens (tertiary/aromatic N) is 1. The highest BCUT2D eigenvalue weighted by Crippen LogP contribution is 2.24. The van der Waals surface area contributed by atoms with Gasteiger partial charge >= 0.3 is 0 Å². The Hall–Kier alpha value is -0.740. The molecule has 0 saturated carbocycles. The Labute approximate surface area is 102 Å². The summed E-state index contributed by atoms with van der Waals surface area (Å²) in [6.07, 6.45) is 1.81.